The summed E-state index contributed by atoms with van der Waals surface area (Å²) in [6.07, 6.45) is 2.57. The van der Waals surface area contributed by atoms with Crippen LogP contribution < -0.4 is 0 Å². The summed E-state index contributed by atoms with van der Waals surface area (Å²) in [5, 5.41) is 20.8. The van der Waals surface area contributed by atoms with Crippen LogP contribution in [0.1, 0.15) is 33.6 Å². The zero-order chi connectivity index (χ0) is 18.0. The number of aliphatic hydroxyl groups is 1. The number of hydrogen-bond acceptors (Lipinski definition) is 6. The van der Waals surface area contributed by atoms with Crippen LogP contribution in [0.15, 0.2) is 36.7 Å². The number of nitro groups is 1. The highest BCUT2D eigenvalue weighted by Crippen LogP contribution is 2.23. The lowest BCUT2D eigenvalue weighted by Crippen LogP contribution is -2.31. The van der Waals surface area contributed by atoms with E-state index in [1.807, 2.05) is 0 Å². The van der Waals surface area contributed by atoms with Crippen molar-refractivity contribution in [2.75, 3.05) is 6.54 Å². The van der Waals surface area contributed by atoms with Crippen molar-refractivity contribution in [1.82, 2.24) is 14.5 Å². The topological polar surface area (TPSA) is 119 Å². The zero-order valence-corrected chi connectivity index (χ0v) is 13.2. The Kier molecular flexibility index (Phi) is 4.57. The summed E-state index contributed by atoms with van der Waals surface area (Å²) in [6, 6.07) is 6.63. The van der Waals surface area contributed by atoms with Gasteiger partial charge in [0.2, 0.25) is 0 Å². The predicted molar refractivity (Wildman–Crippen MR) is 85.9 cm³/mol. The second-order valence-corrected chi connectivity index (χ2v) is 5.74. The molecule has 0 aliphatic carbocycles. The van der Waals surface area contributed by atoms with Crippen LogP contribution >= 0.6 is 0 Å². The molecular weight excluding hydrogens is 328 g/mol. The standard InChI is InChI=1S/C16H16N4O5/c21-11(10-18-9-7-17-16(18)20(24)25)4-3-8-19-14(22)12-5-1-2-6-13(12)15(19)23/h1-2,5-7,9,11,21H,3-4,8,10H2. The minimum atomic E-state index is -0.844. The van der Waals surface area contributed by atoms with E-state index in [1.54, 1.807) is 24.3 Å². The van der Waals surface area contributed by atoms with E-state index in [0.29, 0.717) is 24.0 Å². The van der Waals surface area contributed by atoms with Gasteiger partial charge in [-0.2, -0.15) is 0 Å². The van der Waals surface area contributed by atoms with Crippen LogP contribution in [0, 0.1) is 10.1 Å². The van der Waals surface area contributed by atoms with Gasteiger partial charge in [-0.1, -0.05) is 17.1 Å². The normalized spacial score (nSPS) is 14.7. The average molecular weight is 344 g/mol. The Morgan fingerprint density at radius 2 is 1.84 bits per heavy atom. The number of nitrogens with zero attached hydrogens (tertiary/aromatic N) is 4. The molecule has 0 radical (unpaired) electrons. The molecule has 2 amide bonds. The maximum atomic E-state index is 12.2. The van der Waals surface area contributed by atoms with Crippen LogP contribution in [0.25, 0.3) is 0 Å². The summed E-state index contributed by atoms with van der Waals surface area (Å²) >= 11 is 0. The molecule has 0 fully saturated rings. The second kappa shape index (κ2) is 6.81. The minimum Gasteiger partial charge on any atom is -0.390 e. The van der Waals surface area contributed by atoms with E-state index >= 15 is 0 Å². The van der Waals surface area contributed by atoms with Gasteiger partial charge >= 0.3 is 5.95 Å². The molecule has 1 aliphatic heterocycles. The molecule has 2 heterocycles. The number of aliphatic hydroxyl groups excluding tert-OH is 1. The molecule has 0 spiro atoms. The fourth-order valence-corrected chi connectivity index (χ4v) is 2.86. The number of amides is 2. The van der Waals surface area contributed by atoms with Crippen LogP contribution in [-0.2, 0) is 6.54 Å². The maximum Gasteiger partial charge on any atom is 0.434 e. The summed E-state index contributed by atoms with van der Waals surface area (Å²) in [6.45, 7) is 0.216. The Bertz CT molecular complexity index is 796. The van der Waals surface area contributed by atoms with E-state index in [1.165, 1.54) is 17.0 Å². The van der Waals surface area contributed by atoms with Gasteiger partial charge in [-0.05, 0) is 29.9 Å². The van der Waals surface area contributed by atoms with E-state index in [4.69, 9.17) is 0 Å². The number of aromatic nitrogens is 2. The van der Waals surface area contributed by atoms with Gasteiger partial charge in [0.25, 0.3) is 11.8 Å². The summed E-state index contributed by atoms with van der Waals surface area (Å²) in [7, 11) is 0. The summed E-state index contributed by atoms with van der Waals surface area (Å²) < 4.78 is 1.26. The first-order valence-electron chi connectivity index (χ1n) is 7.78. The first-order chi connectivity index (χ1) is 12.0. The third-order valence-electron chi connectivity index (χ3n) is 4.06. The molecule has 130 valence electrons. The van der Waals surface area contributed by atoms with Gasteiger partial charge in [0.05, 0.1) is 23.8 Å². The number of benzene rings is 1. The van der Waals surface area contributed by atoms with Gasteiger partial charge in [-0.3, -0.25) is 14.5 Å². The van der Waals surface area contributed by atoms with Crippen LogP contribution in [-0.4, -0.2) is 48.9 Å². The van der Waals surface area contributed by atoms with Gasteiger partial charge in [0.1, 0.15) is 12.4 Å². The lowest BCUT2D eigenvalue weighted by atomic mass is 10.1. The molecule has 3 rings (SSSR count). The number of fused-ring (bicyclic) bond motifs is 1. The molecule has 1 aliphatic rings. The molecule has 1 aromatic carbocycles. The van der Waals surface area contributed by atoms with Crippen LogP contribution in [0.4, 0.5) is 5.95 Å². The highest BCUT2D eigenvalue weighted by molar-refractivity contribution is 6.21. The largest absolute Gasteiger partial charge is 0.434 e. The van der Waals surface area contributed by atoms with Crippen LogP contribution in [0.5, 0.6) is 0 Å². The Morgan fingerprint density at radius 3 is 2.44 bits per heavy atom. The highest BCUT2D eigenvalue weighted by Gasteiger charge is 2.34. The lowest BCUT2D eigenvalue weighted by molar-refractivity contribution is -0.397. The fraction of sp³-hybridized carbons (Fsp3) is 0.312. The molecule has 9 nitrogen and oxygen atoms in total. The first-order valence-corrected chi connectivity index (χ1v) is 7.78. The number of rotatable bonds is 7. The molecule has 0 saturated carbocycles. The Labute approximate surface area is 142 Å². The summed E-state index contributed by atoms with van der Waals surface area (Å²) in [4.78, 5) is 39.4. The van der Waals surface area contributed by atoms with Crippen molar-refractivity contribution >= 4 is 17.8 Å². The van der Waals surface area contributed by atoms with Gasteiger partial charge in [-0.15, -0.1) is 0 Å². The van der Waals surface area contributed by atoms with E-state index < -0.39 is 11.0 Å². The molecule has 0 saturated heterocycles. The number of hydrogen-bond donors (Lipinski definition) is 1. The van der Waals surface area contributed by atoms with Gasteiger partial charge in [0.15, 0.2) is 0 Å². The van der Waals surface area contributed by atoms with Crippen molar-refractivity contribution in [3.63, 3.8) is 0 Å². The molecule has 0 bridgehead atoms. The summed E-state index contributed by atoms with van der Waals surface area (Å²) in [5.74, 6) is -1.000. The van der Waals surface area contributed by atoms with Crippen molar-refractivity contribution in [2.45, 2.75) is 25.5 Å². The van der Waals surface area contributed by atoms with Crippen molar-refractivity contribution in [3.05, 3.63) is 57.9 Å². The van der Waals surface area contributed by atoms with Gasteiger partial charge < -0.3 is 15.2 Å². The van der Waals surface area contributed by atoms with Crippen LogP contribution in [0.3, 0.4) is 0 Å². The Hall–Kier alpha value is -3.07. The van der Waals surface area contributed by atoms with E-state index in [2.05, 4.69) is 4.98 Å². The molecule has 1 unspecified atom stereocenters. The maximum absolute atomic E-state index is 12.2. The average Bonchev–Trinajstić information content (AvgIpc) is 3.14. The SMILES string of the molecule is O=C1c2ccccc2C(=O)N1CCCC(O)Cn1ccnc1[N+](=O)[O-]. The molecule has 1 N–H and O–H groups in total. The Morgan fingerprint density at radius 1 is 1.20 bits per heavy atom. The zero-order valence-electron chi connectivity index (χ0n) is 13.2. The van der Waals surface area contributed by atoms with E-state index in [9.17, 15) is 24.8 Å². The number of imide groups is 1. The van der Waals surface area contributed by atoms with E-state index in [-0.39, 0.29) is 30.9 Å². The molecule has 25 heavy (non-hydrogen) atoms. The first kappa shape index (κ1) is 16.8. The van der Waals surface area contributed by atoms with Crippen molar-refractivity contribution < 1.29 is 19.6 Å². The predicted octanol–water partition coefficient (Wildman–Crippen LogP) is 1.23. The van der Waals surface area contributed by atoms with Crippen molar-refractivity contribution in [3.8, 4) is 0 Å². The number of carbonyl (C=O) groups is 2. The van der Waals surface area contributed by atoms with Crippen LogP contribution in [0.2, 0.25) is 0 Å². The molecule has 9 heteroatoms. The number of imidazole rings is 1. The quantitative estimate of drug-likeness (QED) is 0.458. The lowest BCUT2D eigenvalue weighted by Gasteiger charge is -2.15. The van der Waals surface area contributed by atoms with E-state index in [0.717, 1.165) is 4.90 Å². The minimum absolute atomic E-state index is 0.0262. The Balaban J connectivity index is 1.53. The third-order valence-corrected chi connectivity index (χ3v) is 4.06. The second-order valence-electron chi connectivity index (χ2n) is 5.74. The van der Waals surface area contributed by atoms with Gasteiger partial charge in [0, 0.05) is 6.54 Å². The fourth-order valence-electron chi connectivity index (χ4n) is 2.86. The number of carbonyl (C=O) groups excluding carboxylic acids is 2. The highest BCUT2D eigenvalue weighted by atomic mass is 16.6. The molecule has 1 atom stereocenters. The smallest absolute Gasteiger partial charge is 0.390 e. The van der Waals surface area contributed by atoms with Crippen molar-refractivity contribution in [1.29, 1.82) is 0 Å². The molecular formula is C16H16N4O5. The van der Waals surface area contributed by atoms with Crippen molar-refractivity contribution in [2.24, 2.45) is 0 Å². The third kappa shape index (κ3) is 3.26. The summed E-state index contributed by atoms with van der Waals surface area (Å²) in [5.41, 5.74) is 0.782. The molecule has 1 aromatic heterocycles. The molecule has 2 aromatic rings. The van der Waals surface area contributed by atoms with Gasteiger partial charge in [-0.25, -0.2) is 4.57 Å². The monoisotopic (exact) mass is 344 g/mol.